The van der Waals surface area contributed by atoms with Crippen molar-refractivity contribution in [3.8, 4) is 0 Å². The molecule has 110 valence electrons. The highest BCUT2D eigenvalue weighted by atomic mass is 16.4. The van der Waals surface area contributed by atoms with Gasteiger partial charge in [0.25, 0.3) is 0 Å². The summed E-state index contributed by atoms with van der Waals surface area (Å²) in [5.41, 5.74) is 6.31. The average molecular weight is 278 g/mol. The Morgan fingerprint density at radius 3 is 2.40 bits per heavy atom. The highest BCUT2D eigenvalue weighted by molar-refractivity contribution is 5.94. The number of hydrogen-bond donors (Lipinski definition) is 2. The van der Waals surface area contributed by atoms with E-state index in [0.717, 1.165) is 26.2 Å². The molecule has 2 rings (SSSR count). The lowest BCUT2D eigenvalue weighted by atomic mass is 10.0. The van der Waals surface area contributed by atoms with Crippen LogP contribution in [0.4, 0.5) is 11.5 Å². The number of aromatic nitrogens is 1. The lowest BCUT2D eigenvalue weighted by molar-refractivity contribution is 0.0696. The minimum absolute atomic E-state index is 0.135. The highest BCUT2D eigenvalue weighted by Crippen LogP contribution is 2.23. The highest BCUT2D eigenvalue weighted by Gasteiger charge is 2.28. The number of rotatable bonds is 2. The SMILES string of the molecule is CC(C)(C)N1CCN(c2ncc(N)cc2C(=O)O)CC1. The molecule has 6 nitrogen and oxygen atoms in total. The zero-order valence-corrected chi connectivity index (χ0v) is 12.3. The van der Waals surface area contributed by atoms with E-state index in [4.69, 9.17) is 5.73 Å². The smallest absolute Gasteiger partial charge is 0.339 e. The van der Waals surface area contributed by atoms with Gasteiger partial charge in [0.1, 0.15) is 11.4 Å². The summed E-state index contributed by atoms with van der Waals surface area (Å²) in [6, 6.07) is 1.47. The minimum atomic E-state index is -0.988. The Morgan fingerprint density at radius 2 is 1.90 bits per heavy atom. The van der Waals surface area contributed by atoms with Crippen LogP contribution in [0.15, 0.2) is 12.3 Å². The molecule has 1 aromatic heterocycles. The molecule has 1 aliphatic rings. The molecule has 6 heteroatoms. The largest absolute Gasteiger partial charge is 0.478 e. The third kappa shape index (κ3) is 3.01. The molecule has 0 bridgehead atoms. The van der Waals surface area contributed by atoms with Crippen molar-refractivity contribution in [2.45, 2.75) is 26.3 Å². The molecule has 0 radical (unpaired) electrons. The third-order valence-electron chi connectivity index (χ3n) is 3.65. The van der Waals surface area contributed by atoms with Gasteiger partial charge in [-0.3, -0.25) is 4.90 Å². The van der Waals surface area contributed by atoms with Crippen molar-refractivity contribution in [2.24, 2.45) is 0 Å². The van der Waals surface area contributed by atoms with Crippen LogP contribution in [0.1, 0.15) is 31.1 Å². The standard InChI is InChI=1S/C14H22N4O2/c1-14(2,3)18-6-4-17(5-7-18)12-11(13(19)20)8-10(15)9-16-12/h8-9H,4-7,15H2,1-3H3,(H,19,20). The maximum Gasteiger partial charge on any atom is 0.339 e. The number of nitrogens with zero attached hydrogens (tertiary/aromatic N) is 3. The van der Waals surface area contributed by atoms with Gasteiger partial charge < -0.3 is 15.7 Å². The molecule has 0 atom stereocenters. The van der Waals surface area contributed by atoms with Crippen molar-refractivity contribution >= 4 is 17.5 Å². The van der Waals surface area contributed by atoms with Crippen molar-refractivity contribution in [3.63, 3.8) is 0 Å². The van der Waals surface area contributed by atoms with E-state index in [1.54, 1.807) is 0 Å². The third-order valence-corrected chi connectivity index (χ3v) is 3.65. The van der Waals surface area contributed by atoms with Crippen LogP contribution in [0.2, 0.25) is 0 Å². The van der Waals surface area contributed by atoms with Crippen LogP contribution in [0.25, 0.3) is 0 Å². The van der Waals surface area contributed by atoms with E-state index in [2.05, 4.69) is 30.7 Å². The van der Waals surface area contributed by atoms with Crippen LogP contribution >= 0.6 is 0 Å². The second-order valence-corrected chi connectivity index (χ2v) is 6.09. The van der Waals surface area contributed by atoms with Crippen LogP contribution in [-0.2, 0) is 0 Å². The number of aromatic carboxylic acids is 1. The zero-order chi connectivity index (χ0) is 14.9. The molecule has 0 saturated carbocycles. The van der Waals surface area contributed by atoms with Gasteiger partial charge in [-0.15, -0.1) is 0 Å². The monoisotopic (exact) mass is 278 g/mol. The van der Waals surface area contributed by atoms with Gasteiger partial charge in [-0.1, -0.05) is 0 Å². The number of nitrogens with two attached hydrogens (primary N) is 1. The summed E-state index contributed by atoms with van der Waals surface area (Å²) in [6.07, 6.45) is 1.51. The molecule has 1 aliphatic heterocycles. The fourth-order valence-corrected chi connectivity index (χ4v) is 2.47. The molecular weight excluding hydrogens is 256 g/mol. The first-order valence-electron chi connectivity index (χ1n) is 6.78. The molecule has 1 aromatic rings. The Hall–Kier alpha value is -1.82. The molecular formula is C14H22N4O2. The minimum Gasteiger partial charge on any atom is -0.478 e. The van der Waals surface area contributed by atoms with E-state index < -0.39 is 5.97 Å². The quantitative estimate of drug-likeness (QED) is 0.848. The Kier molecular flexibility index (Phi) is 3.85. The van der Waals surface area contributed by atoms with Gasteiger partial charge >= 0.3 is 5.97 Å². The number of anilines is 2. The zero-order valence-electron chi connectivity index (χ0n) is 12.3. The first kappa shape index (κ1) is 14.6. The molecule has 0 amide bonds. The summed E-state index contributed by atoms with van der Waals surface area (Å²) < 4.78 is 0. The molecule has 0 aromatic carbocycles. The predicted molar refractivity (Wildman–Crippen MR) is 79.1 cm³/mol. The van der Waals surface area contributed by atoms with Crippen molar-refractivity contribution in [1.29, 1.82) is 0 Å². The maximum absolute atomic E-state index is 11.3. The van der Waals surface area contributed by atoms with Gasteiger partial charge in [0.05, 0.1) is 11.9 Å². The summed E-state index contributed by atoms with van der Waals surface area (Å²) in [6.45, 7) is 9.90. The number of carboxylic acids is 1. The fourth-order valence-electron chi connectivity index (χ4n) is 2.47. The number of carboxylic acid groups (broad SMARTS) is 1. The number of carbonyl (C=O) groups is 1. The van der Waals surface area contributed by atoms with Crippen molar-refractivity contribution in [1.82, 2.24) is 9.88 Å². The van der Waals surface area contributed by atoms with Gasteiger partial charge in [-0.2, -0.15) is 0 Å². The number of piperazine rings is 1. The number of hydrogen-bond acceptors (Lipinski definition) is 5. The van der Waals surface area contributed by atoms with Gasteiger partial charge in [0.15, 0.2) is 0 Å². The van der Waals surface area contributed by atoms with Gasteiger partial charge in [-0.25, -0.2) is 9.78 Å². The van der Waals surface area contributed by atoms with E-state index >= 15 is 0 Å². The normalized spacial score (nSPS) is 17.2. The van der Waals surface area contributed by atoms with Crippen LogP contribution in [0.5, 0.6) is 0 Å². The molecule has 0 unspecified atom stereocenters. The van der Waals surface area contributed by atoms with Crippen LogP contribution in [-0.4, -0.2) is 52.7 Å². The molecule has 0 spiro atoms. The molecule has 1 saturated heterocycles. The predicted octanol–water partition coefficient (Wildman–Crippen LogP) is 1.28. The first-order chi connectivity index (χ1) is 9.29. The number of nitrogen functional groups attached to an aromatic ring is 1. The lowest BCUT2D eigenvalue weighted by Gasteiger charge is -2.42. The van der Waals surface area contributed by atoms with Crippen LogP contribution < -0.4 is 10.6 Å². The molecule has 1 fully saturated rings. The first-order valence-corrected chi connectivity index (χ1v) is 6.78. The summed E-state index contributed by atoms with van der Waals surface area (Å²) in [4.78, 5) is 19.9. The van der Waals surface area contributed by atoms with E-state index in [0.29, 0.717) is 11.5 Å². The van der Waals surface area contributed by atoms with Crippen molar-refractivity contribution < 1.29 is 9.90 Å². The summed E-state index contributed by atoms with van der Waals surface area (Å²) in [5.74, 6) is -0.474. The average Bonchev–Trinajstić information content (AvgIpc) is 2.37. The summed E-state index contributed by atoms with van der Waals surface area (Å²) in [7, 11) is 0. The Labute approximate surface area is 119 Å². The van der Waals surface area contributed by atoms with Crippen molar-refractivity contribution in [3.05, 3.63) is 17.8 Å². The van der Waals surface area contributed by atoms with E-state index in [1.165, 1.54) is 12.3 Å². The Bertz CT molecular complexity index is 502. The molecule has 0 aliphatic carbocycles. The van der Waals surface area contributed by atoms with Gasteiger partial charge in [0, 0.05) is 31.7 Å². The maximum atomic E-state index is 11.3. The van der Waals surface area contributed by atoms with Gasteiger partial charge in [0.2, 0.25) is 0 Å². The summed E-state index contributed by atoms with van der Waals surface area (Å²) in [5, 5.41) is 9.27. The second kappa shape index (κ2) is 5.28. The van der Waals surface area contributed by atoms with E-state index in [1.807, 2.05) is 4.90 Å². The Morgan fingerprint density at radius 1 is 1.30 bits per heavy atom. The van der Waals surface area contributed by atoms with Crippen LogP contribution in [0.3, 0.4) is 0 Å². The fraction of sp³-hybridized carbons (Fsp3) is 0.571. The molecule has 20 heavy (non-hydrogen) atoms. The Balaban J connectivity index is 2.17. The van der Waals surface area contributed by atoms with Crippen LogP contribution in [0, 0.1) is 0 Å². The second-order valence-electron chi connectivity index (χ2n) is 6.09. The molecule has 2 heterocycles. The lowest BCUT2D eigenvalue weighted by Crippen LogP contribution is -2.53. The summed E-state index contributed by atoms with van der Waals surface area (Å²) >= 11 is 0. The topological polar surface area (TPSA) is 82.7 Å². The van der Waals surface area contributed by atoms with E-state index in [9.17, 15) is 9.90 Å². The van der Waals surface area contributed by atoms with Gasteiger partial charge in [-0.05, 0) is 26.8 Å². The van der Waals surface area contributed by atoms with E-state index in [-0.39, 0.29) is 11.1 Å². The number of pyridine rings is 1. The molecule has 3 N–H and O–H groups in total. The van der Waals surface area contributed by atoms with Crippen molar-refractivity contribution in [2.75, 3.05) is 36.8 Å².